The van der Waals surface area contributed by atoms with Crippen LogP contribution >= 0.6 is 0 Å². The Bertz CT molecular complexity index is 4200. The summed E-state index contributed by atoms with van der Waals surface area (Å²) in [4.78, 5) is 53.2. The molecule has 8 aromatic rings. The molecule has 0 radical (unpaired) electrons. The summed E-state index contributed by atoms with van der Waals surface area (Å²) >= 11 is 0. The summed E-state index contributed by atoms with van der Waals surface area (Å²) in [6.07, 6.45) is 8.80. The lowest BCUT2D eigenvalue weighted by Gasteiger charge is -2.31. The van der Waals surface area contributed by atoms with Crippen molar-refractivity contribution in [3.05, 3.63) is 266 Å². The number of ether oxygens (including phenoxy) is 6. The van der Waals surface area contributed by atoms with Gasteiger partial charge in [0.15, 0.2) is 12.6 Å². The van der Waals surface area contributed by atoms with Gasteiger partial charge in [0.1, 0.15) is 35.2 Å². The van der Waals surface area contributed by atoms with Crippen molar-refractivity contribution in [2.75, 3.05) is 26.3 Å². The molecule has 0 saturated carbocycles. The average molecular weight is 1190 g/mol. The van der Waals surface area contributed by atoms with Crippen molar-refractivity contribution in [1.82, 2.24) is 9.80 Å². The van der Waals surface area contributed by atoms with Gasteiger partial charge in [0.05, 0.1) is 42.0 Å². The van der Waals surface area contributed by atoms with Crippen LogP contribution in [0.25, 0.3) is 28.4 Å². The highest BCUT2D eigenvalue weighted by atomic mass is 16.7. The summed E-state index contributed by atoms with van der Waals surface area (Å²) in [5.41, 5.74) is 16.6. The number of fused-ring (bicyclic) bond motifs is 4. The summed E-state index contributed by atoms with van der Waals surface area (Å²) in [5.74, 6) is 8.27. The Balaban J connectivity index is 0.000000165. The summed E-state index contributed by atoms with van der Waals surface area (Å²) in [5, 5.41) is 0. The zero-order valence-corrected chi connectivity index (χ0v) is 50.8. The Labute approximate surface area is 525 Å². The molecule has 12 nitrogen and oxygen atoms in total. The van der Waals surface area contributed by atoms with Crippen LogP contribution in [0, 0.1) is 25.7 Å². The molecule has 4 unspecified atom stereocenters. The van der Waals surface area contributed by atoms with E-state index in [2.05, 4.69) is 100 Å². The second kappa shape index (κ2) is 25.9. The number of aryl methyl sites for hydroxylation is 2. The minimum Gasteiger partial charge on any atom is -0.480 e. The smallest absolute Gasteiger partial charge is 0.262 e. The maximum atomic E-state index is 12.7. The van der Waals surface area contributed by atoms with E-state index in [0.717, 1.165) is 136 Å². The molecule has 90 heavy (non-hydrogen) atoms. The Kier molecular flexibility index (Phi) is 17.0. The predicted molar refractivity (Wildman–Crippen MR) is 348 cm³/mol. The van der Waals surface area contributed by atoms with Gasteiger partial charge >= 0.3 is 0 Å². The third-order valence-corrected chi connectivity index (χ3v) is 17.3. The second-order valence-corrected chi connectivity index (χ2v) is 23.5. The molecule has 4 amide bonds. The fourth-order valence-corrected chi connectivity index (χ4v) is 12.6. The number of nitrogens with zero attached hydrogens (tertiary/aromatic N) is 2. The summed E-state index contributed by atoms with van der Waals surface area (Å²) in [7, 11) is 0. The zero-order valence-electron chi connectivity index (χ0n) is 50.8. The van der Waals surface area contributed by atoms with E-state index in [9.17, 15) is 19.2 Å². The first kappa shape index (κ1) is 58.9. The highest BCUT2D eigenvalue weighted by Crippen LogP contribution is 2.49. The number of carbonyl (C=O) groups excluding carboxylic acids is 4. The van der Waals surface area contributed by atoms with Crippen LogP contribution in [0.3, 0.4) is 0 Å². The van der Waals surface area contributed by atoms with E-state index in [-0.39, 0.29) is 61.5 Å². The molecule has 6 heterocycles. The average Bonchev–Trinajstić information content (AvgIpc) is 1.22. The molecule has 0 bridgehead atoms. The molecule has 6 aliphatic rings. The van der Waals surface area contributed by atoms with E-state index in [1.54, 1.807) is 48.5 Å². The van der Waals surface area contributed by atoms with Crippen LogP contribution < -0.4 is 18.9 Å². The molecule has 0 aromatic heterocycles. The number of imide groups is 2. The molecule has 0 aliphatic carbocycles. The minimum atomic E-state index is -0.346. The van der Waals surface area contributed by atoms with E-state index in [4.69, 9.17) is 28.4 Å². The van der Waals surface area contributed by atoms with Gasteiger partial charge in [0, 0.05) is 47.2 Å². The molecule has 14 rings (SSSR count). The Morgan fingerprint density at radius 3 is 1.39 bits per heavy atom. The maximum Gasteiger partial charge on any atom is 0.262 e. The van der Waals surface area contributed by atoms with E-state index in [1.165, 1.54) is 26.5 Å². The lowest BCUT2D eigenvalue weighted by molar-refractivity contribution is -0.106. The first-order valence-electron chi connectivity index (χ1n) is 30.9. The van der Waals surface area contributed by atoms with Gasteiger partial charge in [0.25, 0.3) is 23.6 Å². The highest BCUT2D eigenvalue weighted by molar-refractivity contribution is 6.22. The Morgan fingerprint density at radius 2 is 0.933 bits per heavy atom. The molecule has 4 atom stereocenters. The van der Waals surface area contributed by atoms with Gasteiger partial charge in [-0.25, -0.2) is 0 Å². The number of rotatable bonds is 12. The number of hydrogen-bond acceptors (Lipinski definition) is 10. The molecule has 0 spiro atoms. The first-order valence-corrected chi connectivity index (χ1v) is 30.9. The lowest BCUT2D eigenvalue weighted by atomic mass is 9.85. The monoisotopic (exact) mass is 1190 g/mol. The van der Waals surface area contributed by atoms with Crippen molar-refractivity contribution in [2.45, 2.75) is 91.0 Å². The molecule has 12 heteroatoms. The number of hydrogen-bond donors (Lipinski definition) is 0. The Hall–Kier alpha value is -10.1. The standard InChI is InChI=1S/C39H35NO5.C39H33NO5/c2*1-25-15-20-34-33(23-25)26(2)36(29-10-7-11-30(24-29)44-35-14-5-6-22-43-35)37(45-34)28-18-16-27(17-19-28)9-8-21-40-38(41)31-12-3-4-13-32(31)39(40)42/h3-4,7-13,15-20,23-24,35,37H,5-6,14,21-22H2,1-2H3;3-4,7,10-13,15-20,23-24,35,37H,5-6,14,21-22H2,1-2H3/b9-8-;. The second-order valence-electron chi connectivity index (χ2n) is 23.5. The SMILES string of the molecule is CC1=C(c2cccc(OC3CCCCO3)c2)C(c2ccc(/C=C\CN3C(=O)c4ccccc4C3=O)cc2)Oc2ccc(C)cc21.CC1=C(c2cccc(OC3CCCCO3)c2)C(c2ccc(C#CCN3C(=O)c4ccccc4C3=O)cc2)Oc2ccc(C)cc21. The fourth-order valence-electron chi connectivity index (χ4n) is 12.6. The quantitative estimate of drug-likeness (QED) is 0.0861. The fraction of sp³-hybridized carbons (Fsp3) is 0.231. The van der Waals surface area contributed by atoms with E-state index < -0.39 is 0 Å². The topological polar surface area (TPSA) is 130 Å². The molecule has 0 N–H and O–H groups in total. The first-order chi connectivity index (χ1) is 43.9. The molecular weight excluding hydrogens is 1120 g/mol. The van der Waals surface area contributed by atoms with Crippen LogP contribution in [-0.2, 0) is 9.47 Å². The van der Waals surface area contributed by atoms with Gasteiger partial charge in [-0.1, -0.05) is 132 Å². The van der Waals surface area contributed by atoms with Crippen LogP contribution in [0.15, 0.2) is 188 Å². The normalized spacial score (nSPS) is 19.2. The number of carbonyl (C=O) groups is 4. The number of allylic oxidation sites excluding steroid dienone is 2. The van der Waals surface area contributed by atoms with Crippen LogP contribution in [0.2, 0.25) is 0 Å². The third kappa shape index (κ3) is 12.3. The molecule has 2 fully saturated rings. The van der Waals surface area contributed by atoms with E-state index in [1.807, 2.05) is 84.9 Å². The minimum absolute atomic E-state index is 0.0342. The van der Waals surface area contributed by atoms with Crippen molar-refractivity contribution in [2.24, 2.45) is 0 Å². The largest absolute Gasteiger partial charge is 0.480 e. The molecular formula is C78H68N2O10. The summed E-state index contributed by atoms with van der Waals surface area (Å²) in [6, 6.07) is 59.0. The van der Waals surface area contributed by atoms with Crippen LogP contribution in [0.5, 0.6) is 23.0 Å². The summed E-state index contributed by atoms with van der Waals surface area (Å²) in [6.45, 7) is 10.2. The van der Waals surface area contributed by atoms with E-state index in [0.29, 0.717) is 22.3 Å². The highest BCUT2D eigenvalue weighted by Gasteiger charge is 2.37. The van der Waals surface area contributed by atoms with Crippen LogP contribution in [0.1, 0.15) is 162 Å². The Morgan fingerprint density at radius 1 is 0.478 bits per heavy atom. The predicted octanol–water partition coefficient (Wildman–Crippen LogP) is 15.9. The van der Waals surface area contributed by atoms with Crippen molar-refractivity contribution >= 4 is 52.0 Å². The maximum absolute atomic E-state index is 12.7. The number of amides is 4. The van der Waals surface area contributed by atoms with Crippen LogP contribution in [-0.4, -0.2) is 72.3 Å². The van der Waals surface area contributed by atoms with E-state index >= 15 is 0 Å². The van der Waals surface area contributed by atoms with Gasteiger partial charge in [-0.15, -0.1) is 0 Å². The molecule has 6 aliphatic heterocycles. The van der Waals surface area contributed by atoms with Gasteiger partial charge < -0.3 is 28.4 Å². The van der Waals surface area contributed by atoms with Gasteiger partial charge in [0.2, 0.25) is 0 Å². The third-order valence-electron chi connectivity index (χ3n) is 17.3. The van der Waals surface area contributed by atoms with Crippen molar-refractivity contribution < 1.29 is 47.6 Å². The molecule has 450 valence electrons. The van der Waals surface area contributed by atoms with Crippen molar-refractivity contribution in [1.29, 1.82) is 0 Å². The van der Waals surface area contributed by atoms with Gasteiger partial charge in [-0.3, -0.25) is 29.0 Å². The summed E-state index contributed by atoms with van der Waals surface area (Å²) < 4.78 is 37.5. The van der Waals surface area contributed by atoms with Crippen molar-refractivity contribution in [3.8, 4) is 34.8 Å². The van der Waals surface area contributed by atoms with Crippen LogP contribution in [0.4, 0.5) is 0 Å². The van der Waals surface area contributed by atoms with Gasteiger partial charge in [-0.2, -0.15) is 0 Å². The lowest BCUT2D eigenvalue weighted by Crippen LogP contribution is -2.29. The zero-order chi connectivity index (χ0) is 61.8. The number of benzene rings is 8. The molecule has 8 aromatic carbocycles. The van der Waals surface area contributed by atoms with Crippen molar-refractivity contribution in [3.63, 3.8) is 0 Å². The van der Waals surface area contributed by atoms with Gasteiger partial charge in [-0.05, 0) is 177 Å². The molecule has 2 saturated heterocycles.